The number of aryl methyl sites for hydroxylation is 1. The van der Waals surface area contributed by atoms with Crippen molar-refractivity contribution in [1.29, 1.82) is 5.26 Å². The summed E-state index contributed by atoms with van der Waals surface area (Å²) in [6.45, 7) is 3.11. The van der Waals surface area contributed by atoms with Crippen LogP contribution in [0.1, 0.15) is 44.6 Å². The van der Waals surface area contributed by atoms with Gasteiger partial charge in [-0.3, -0.25) is 14.2 Å². The Hall–Kier alpha value is -2.36. The number of nitrogens with zero attached hydrogens (tertiary/aromatic N) is 4. The van der Waals surface area contributed by atoms with Crippen LogP contribution in [-0.4, -0.2) is 33.0 Å². The van der Waals surface area contributed by atoms with Crippen LogP contribution in [0.5, 0.6) is 0 Å². The van der Waals surface area contributed by atoms with Crippen LogP contribution in [0.15, 0.2) is 15.8 Å². The fourth-order valence-corrected chi connectivity index (χ4v) is 2.83. The van der Waals surface area contributed by atoms with Gasteiger partial charge >= 0.3 is 5.69 Å². The Morgan fingerprint density at radius 1 is 1.17 bits per heavy atom. The van der Waals surface area contributed by atoms with E-state index < -0.39 is 11.2 Å². The first-order valence-corrected chi connectivity index (χ1v) is 8.10. The van der Waals surface area contributed by atoms with Crippen LogP contribution in [0.2, 0.25) is 0 Å². The number of likely N-dealkylation sites (tertiary alicyclic amines) is 1. The minimum absolute atomic E-state index is 0.119. The standard InChI is InChI=1S/C16H22N4O3/c1-2-18-11-13(10-17)15(22)20(16(18)23)12-14(21)19-8-6-4-3-5-7-9-19/h11H,2-9,12H2,1H3. The lowest BCUT2D eigenvalue weighted by Crippen LogP contribution is -2.45. The van der Waals surface area contributed by atoms with Gasteiger partial charge in [0.1, 0.15) is 18.2 Å². The van der Waals surface area contributed by atoms with Gasteiger partial charge in [-0.1, -0.05) is 19.3 Å². The van der Waals surface area contributed by atoms with Crippen LogP contribution >= 0.6 is 0 Å². The second kappa shape index (κ2) is 7.77. The number of amides is 1. The number of carbonyl (C=O) groups excluding carboxylic acids is 1. The minimum Gasteiger partial charge on any atom is -0.341 e. The molecule has 2 rings (SSSR count). The Bertz CT molecular complexity index is 718. The average Bonchev–Trinajstić information content (AvgIpc) is 2.51. The Labute approximate surface area is 134 Å². The van der Waals surface area contributed by atoms with E-state index in [1.807, 2.05) is 0 Å². The molecule has 0 radical (unpaired) electrons. The van der Waals surface area contributed by atoms with Gasteiger partial charge in [0, 0.05) is 25.8 Å². The van der Waals surface area contributed by atoms with Crippen molar-refractivity contribution in [3.8, 4) is 6.07 Å². The normalized spacial score (nSPS) is 15.6. The Morgan fingerprint density at radius 3 is 2.35 bits per heavy atom. The molecule has 0 saturated carbocycles. The second-order valence-corrected chi connectivity index (χ2v) is 5.76. The summed E-state index contributed by atoms with van der Waals surface area (Å²) in [4.78, 5) is 38.7. The van der Waals surface area contributed by atoms with Gasteiger partial charge < -0.3 is 4.90 Å². The molecular weight excluding hydrogens is 296 g/mol. The maximum Gasteiger partial charge on any atom is 0.331 e. The van der Waals surface area contributed by atoms with Gasteiger partial charge in [0.15, 0.2) is 0 Å². The predicted molar refractivity (Wildman–Crippen MR) is 85.0 cm³/mol. The molecule has 0 N–H and O–H groups in total. The predicted octanol–water partition coefficient (Wildman–Crippen LogP) is 0.694. The summed E-state index contributed by atoms with van der Waals surface area (Å²) in [6.07, 6.45) is 6.51. The maximum atomic E-state index is 12.5. The first-order chi connectivity index (χ1) is 11.1. The van der Waals surface area contributed by atoms with Crippen molar-refractivity contribution in [2.24, 2.45) is 0 Å². The third-order valence-corrected chi connectivity index (χ3v) is 4.20. The molecule has 0 spiro atoms. The first kappa shape index (κ1) is 17.0. The third-order valence-electron chi connectivity index (χ3n) is 4.20. The monoisotopic (exact) mass is 318 g/mol. The van der Waals surface area contributed by atoms with Gasteiger partial charge in [0.25, 0.3) is 5.56 Å². The second-order valence-electron chi connectivity index (χ2n) is 5.76. The zero-order valence-electron chi connectivity index (χ0n) is 13.5. The van der Waals surface area contributed by atoms with Gasteiger partial charge in [-0.15, -0.1) is 0 Å². The van der Waals surface area contributed by atoms with Crippen LogP contribution in [0.25, 0.3) is 0 Å². The van der Waals surface area contributed by atoms with Crippen molar-refractivity contribution in [2.45, 2.75) is 52.1 Å². The van der Waals surface area contributed by atoms with E-state index in [1.54, 1.807) is 17.9 Å². The van der Waals surface area contributed by atoms with Gasteiger partial charge in [-0.25, -0.2) is 9.36 Å². The molecule has 7 heteroatoms. The van der Waals surface area contributed by atoms with Crippen molar-refractivity contribution in [2.75, 3.05) is 13.1 Å². The summed E-state index contributed by atoms with van der Waals surface area (Å²) < 4.78 is 2.16. The van der Waals surface area contributed by atoms with Crippen LogP contribution in [0, 0.1) is 11.3 Å². The fraction of sp³-hybridized carbons (Fsp3) is 0.625. The SMILES string of the molecule is CCn1cc(C#N)c(=O)n(CC(=O)N2CCCCCCC2)c1=O. The molecule has 23 heavy (non-hydrogen) atoms. The highest BCUT2D eigenvalue weighted by Crippen LogP contribution is 2.10. The molecule has 1 aromatic rings. The van der Waals surface area contributed by atoms with E-state index in [4.69, 9.17) is 5.26 Å². The van der Waals surface area contributed by atoms with E-state index in [2.05, 4.69) is 0 Å². The molecule has 0 aromatic carbocycles. The quantitative estimate of drug-likeness (QED) is 0.820. The lowest BCUT2D eigenvalue weighted by molar-refractivity contribution is -0.132. The van der Waals surface area contributed by atoms with Gasteiger partial charge in [0.05, 0.1) is 0 Å². The molecule has 1 fully saturated rings. The Kier molecular flexibility index (Phi) is 5.74. The molecule has 0 unspecified atom stereocenters. The molecule has 0 atom stereocenters. The van der Waals surface area contributed by atoms with Crippen molar-refractivity contribution >= 4 is 5.91 Å². The van der Waals surface area contributed by atoms with Crippen molar-refractivity contribution in [1.82, 2.24) is 14.0 Å². The van der Waals surface area contributed by atoms with Gasteiger partial charge in [0.2, 0.25) is 5.91 Å². The maximum absolute atomic E-state index is 12.5. The molecule has 2 heterocycles. The van der Waals surface area contributed by atoms with E-state index in [0.717, 1.165) is 30.3 Å². The molecule has 1 aliphatic heterocycles. The Balaban J connectivity index is 2.28. The highest BCUT2D eigenvalue weighted by Gasteiger charge is 2.19. The Morgan fingerprint density at radius 2 is 1.78 bits per heavy atom. The fourth-order valence-electron chi connectivity index (χ4n) is 2.83. The van der Waals surface area contributed by atoms with Crippen LogP contribution in [0.4, 0.5) is 0 Å². The third kappa shape index (κ3) is 3.89. The number of hydrogen-bond donors (Lipinski definition) is 0. The summed E-state index contributed by atoms with van der Waals surface area (Å²) in [5, 5.41) is 9.03. The molecule has 1 aliphatic rings. The molecule has 0 bridgehead atoms. The zero-order chi connectivity index (χ0) is 16.8. The molecule has 1 amide bonds. The lowest BCUT2D eigenvalue weighted by Gasteiger charge is -2.25. The molecule has 0 aliphatic carbocycles. The molecule has 7 nitrogen and oxygen atoms in total. The summed E-state index contributed by atoms with van der Waals surface area (Å²) in [7, 11) is 0. The van der Waals surface area contributed by atoms with E-state index in [9.17, 15) is 14.4 Å². The summed E-state index contributed by atoms with van der Waals surface area (Å²) in [6, 6.07) is 1.79. The highest BCUT2D eigenvalue weighted by atomic mass is 16.2. The largest absolute Gasteiger partial charge is 0.341 e. The van der Waals surface area contributed by atoms with Crippen LogP contribution < -0.4 is 11.2 Å². The van der Waals surface area contributed by atoms with Crippen molar-refractivity contribution in [3.05, 3.63) is 32.6 Å². The topological polar surface area (TPSA) is 88.1 Å². The van der Waals surface area contributed by atoms with Gasteiger partial charge in [-0.05, 0) is 19.8 Å². The smallest absolute Gasteiger partial charge is 0.331 e. The number of carbonyl (C=O) groups is 1. The van der Waals surface area contributed by atoms with Crippen LogP contribution in [0.3, 0.4) is 0 Å². The summed E-state index contributed by atoms with van der Waals surface area (Å²) in [5.74, 6) is -0.233. The van der Waals surface area contributed by atoms with Crippen molar-refractivity contribution in [3.63, 3.8) is 0 Å². The highest BCUT2D eigenvalue weighted by molar-refractivity contribution is 5.76. The lowest BCUT2D eigenvalue weighted by atomic mass is 10.1. The molecule has 1 aromatic heterocycles. The average molecular weight is 318 g/mol. The zero-order valence-corrected chi connectivity index (χ0v) is 13.5. The molecular formula is C16H22N4O3. The number of hydrogen-bond acceptors (Lipinski definition) is 4. The van der Waals surface area contributed by atoms with Gasteiger partial charge in [-0.2, -0.15) is 5.26 Å². The number of aromatic nitrogens is 2. The van der Waals surface area contributed by atoms with Crippen molar-refractivity contribution < 1.29 is 4.79 Å². The summed E-state index contributed by atoms with van der Waals surface area (Å²) >= 11 is 0. The van der Waals surface area contributed by atoms with E-state index in [-0.39, 0.29) is 18.0 Å². The number of nitriles is 1. The van der Waals surface area contributed by atoms with E-state index >= 15 is 0 Å². The summed E-state index contributed by atoms with van der Waals surface area (Å²) in [5.41, 5.74) is -1.36. The first-order valence-electron chi connectivity index (χ1n) is 8.10. The van der Waals surface area contributed by atoms with E-state index in [0.29, 0.717) is 19.6 Å². The number of rotatable bonds is 3. The minimum atomic E-state index is -0.692. The molecule has 124 valence electrons. The molecule has 1 saturated heterocycles. The van der Waals surface area contributed by atoms with Crippen LogP contribution in [-0.2, 0) is 17.9 Å². The van der Waals surface area contributed by atoms with E-state index in [1.165, 1.54) is 17.2 Å².